The van der Waals surface area contributed by atoms with E-state index in [0.29, 0.717) is 19.4 Å². The van der Waals surface area contributed by atoms with Gasteiger partial charge in [-0.3, -0.25) is 9.59 Å². The van der Waals surface area contributed by atoms with E-state index in [4.69, 9.17) is 4.74 Å². The molecule has 0 spiro atoms. The molecule has 0 radical (unpaired) electrons. The first-order valence-electron chi connectivity index (χ1n) is 9.76. The van der Waals surface area contributed by atoms with Crippen LogP contribution in [0.25, 0.3) is 0 Å². The summed E-state index contributed by atoms with van der Waals surface area (Å²) >= 11 is 0. The maximum atomic E-state index is 11.8. The Kier molecular flexibility index (Phi) is 11.7. The fraction of sp³-hybridized carbons (Fsp3) is 0.750. The first kappa shape index (κ1) is 21.4. The van der Waals surface area contributed by atoms with Gasteiger partial charge in [-0.05, 0) is 25.7 Å². The third kappa shape index (κ3) is 10.7. The van der Waals surface area contributed by atoms with Crippen molar-refractivity contribution in [2.45, 2.75) is 90.0 Å². The average Bonchev–Trinajstić information content (AvgIpc) is 2.97. The van der Waals surface area contributed by atoms with Gasteiger partial charge in [0.05, 0.1) is 13.0 Å². The molecule has 1 N–H and O–H groups in total. The molecule has 1 atom stereocenters. The molecule has 1 heterocycles. The molecule has 142 valence electrons. The second kappa shape index (κ2) is 13.6. The minimum Gasteiger partial charge on any atom is -0.464 e. The Morgan fingerprint density at radius 1 is 1.08 bits per heavy atom. The van der Waals surface area contributed by atoms with Gasteiger partial charge in [0.2, 0.25) is 5.91 Å². The van der Waals surface area contributed by atoms with E-state index in [0.717, 1.165) is 25.7 Å². The van der Waals surface area contributed by atoms with Crippen molar-refractivity contribution in [3.63, 3.8) is 0 Å². The Bertz CT molecular complexity index is 445. The SMILES string of the molecule is CCCCC=CCCCCCCCC(=O)CC(=O)N[C@H]1CCOC1=O. The molecule has 0 bridgehead atoms. The summed E-state index contributed by atoms with van der Waals surface area (Å²) in [6.45, 7) is 2.54. The Labute approximate surface area is 151 Å². The van der Waals surface area contributed by atoms with Crippen LogP contribution in [0.3, 0.4) is 0 Å². The van der Waals surface area contributed by atoms with Crippen LogP contribution in [0.5, 0.6) is 0 Å². The number of nitrogens with one attached hydrogen (secondary N) is 1. The topological polar surface area (TPSA) is 72.5 Å². The van der Waals surface area contributed by atoms with E-state index in [1.165, 1.54) is 32.1 Å². The lowest BCUT2D eigenvalue weighted by molar-refractivity contribution is -0.142. The third-order valence-corrected chi connectivity index (χ3v) is 4.35. The van der Waals surface area contributed by atoms with Gasteiger partial charge in [0.25, 0.3) is 0 Å². The summed E-state index contributed by atoms with van der Waals surface area (Å²) in [6.07, 6.45) is 15.6. The Hall–Kier alpha value is -1.65. The normalized spacial score (nSPS) is 17.0. The number of ether oxygens (including phenoxy) is 1. The second-order valence-electron chi connectivity index (χ2n) is 6.71. The van der Waals surface area contributed by atoms with Crippen LogP contribution in [-0.4, -0.2) is 30.3 Å². The predicted octanol–water partition coefficient (Wildman–Crippen LogP) is 3.85. The van der Waals surface area contributed by atoms with Gasteiger partial charge in [0, 0.05) is 12.8 Å². The van der Waals surface area contributed by atoms with Crippen molar-refractivity contribution >= 4 is 17.7 Å². The molecule has 25 heavy (non-hydrogen) atoms. The van der Waals surface area contributed by atoms with Crippen LogP contribution < -0.4 is 5.32 Å². The maximum absolute atomic E-state index is 11.8. The summed E-state index contributed by atoms with van der Waals surface area (Å²) in [5.41, 5.74) is 0. The lowest BCUT2D eigenvalue weighted by atomic mass is 10.1. The molecular weight excluding hydrogens is 318 g/mol. The number of cyclic esters (lactones) is 1. The van der Waals surface area contributed by atoms with E-state index in [1.54, 1.807) is 0 Å². The molecule has 0 aliphatic carbocycles. The summed E-state index contributed by atoms with van der Waals surface area (Å²) in [6, 6.07) is -0.573. The number of Topliss-reactive ketones (excluding diaryl/α,β-unsaturated/α-hetero) is 1. The molecule has 1 amide bonds. The zero-order valence-corrected chi connectivity index (χ0v) is 15.6. The molecular formula is C20H33NO4. The number of carbonyl (C=O) groups excluding carboxylic acids is 3. The molecule has 0 aromatic rings. The third-order valence-electron chi connectivity index (χ3n) is 4.35. The summed E-state index contributed by atoms with van der Waals surface area (Å²) in [7, 11) is 0. The van der Waals surface area contributed by atoms with Crippen molar-refractivity contribution in [1.29, 1.82) is 0 Å². The van der Waals surface area contributed by atoms with Crippen molar-refractivity contribution in [3.05, 3.63) is 12.2 Å². The summed E-state index contributed by atoms with van der Waals surface area (Å²) in [4.78, 5) is 34.7. The highest BCUT2D eigenvalue weighted by atomic mass is 16.5. The van der Waals surface area contributed by atoms with E-state index < -0.39 is 12.0 Å². The lowest BCUT2D eigenvalue weighted by Crippen LogP contribution is -2.38. The number of allylic oxidation sites excluding steroid dienone is 2. The van der Waals surface area contributed by atoms with Crippen LogP contribution in [0.4, 0.5) is 0 Å². The molecule has 1 rings (SSSR count). The minimum atomic E-state index is -0.573. The fourth-order valence-corrected chi connectivity index (χ4v) is 2.81. The van der Waals surface area contributed by atoms with Gasteiger partial charge in [0.1, 0.15) is 11.8 Å². The molecule has 5 heteroatoms. The van der Waals surface area contributed by atoms with Gasteiger partial charge in [-0.1, -0.05) is 51.2 Å². The first-order valence-corrected chi connectivity index (χ1v) is 9.76. The van der Waals surface area contributed by atoms with Gasteiger partial charge in [-0.15, -0.1) is 0 Å². The van der Waals surface area contributed by atoms with Gasteiger partial charge in [0.15, 0.2) is 0 Å². The quantitative estimate of drug-likeness (QED) is 0.223. The number of carbonyl (C=O) groups is 3. The highest BCUT2D eigenvalue weighted by Gasteiger charge is 2.28. The summed E-state index contributed by atoms with van der Waals surface area (Å²) < 4.78 is 4.77. The van der Waals surface area contributed by atoms with Gasteiger partial charge < -0.3 is 10.1 Å². The Morgan fingerprint density at radius 3 is 2.44 bits per heavy atom. The van der Waals surface area contributed by atoms with Crippen LogP contribution >= 0.6 is 0 Å². The zero-order valence-electron chi connectivity index (χ0n) is 15.6. The molecule has 1 saturated heterocycles. The molecule has 1 aliphatic heterocycles. The number of esters is 1. The van der Waals surface area contributed by atoms with Gasteiger partial charge in [-0.2, -0.15) is 0 Å². The molecule has 0 aromatic carbocycles. The van der Waals surface area contributed by atoms with E-state index in [-0.39, 0.29) is 18.1 Å². The van der Waals surface area contributed by atoms with Crippen molar-refractivity contribution in [2.24, 2.45) is 0 Å². The highest BCUT2D eigenvalue weighted by Crippen LogP contribution is 2.10. The van der Waals surface area contributed by atoms with E-state index >= 15 is 0 Å². The maximum Gasteiger partial charge on any atom is 0.328 e. The number of ketones is 1. The number of hydrogen-bond acceptors (Lipinski definition) is 4. The molecule has 0 saturated carbocycles. The zero-order chi connectivity index (χ0) is 18.3. The molecule has 1 fully saturated rings. The van der Waals surface area contributed by atoms with E-state index in [2.05, 4.69) is 24.4 Å². The second-order valence-corrected chi connectivity index (χ2v) is 6.71. The van der Waals surface area contributed by atoms with Gasteiger partial charge >= 0.3 is 5.97 Å². The molecule has 0 unspecified atom stereocenters. The Balaban J connectivity index is 1.93. The van der Waals surface area contributed by atoms with E-state index in [9.17, 15) is 14.4 Å². The Morgan fingerprint density at radius 2 is 1.76 bits per heavy atom. The van der Waals surface area contributed by atoms with Crippen molar-refractivity contribution in [3.8, 4) is 0 Å². The number of amides is 1. The van der Waals surface area contributed by atoms with Crippen molar-refractivity contribution < 1.29 is 19.1 Å². The summed E-state index contributed by atoms with van der Waals surface area (Å²) in [5.74, 6) is -0.826. The van der Waals surface area contributed by atoms with Crippen LogP contribution in [0.15, 0.2) is 12.2 Å². The average molecular weight is 351 g/mol. The lowest BCUT2D eigenvalue weighted by Gasteiger charge is -2.08. The number of unbranched alkanes of at least 4 members (excludes halogenated alkanes) is 7. The van der Waals surface area contributed by atoms with Crippen LogP contribution in [0.1, 0.15) is 84.0 Å². The number of rotatable bonds is 14. The van der Waals surface area contributed by atoms with Crippen LogP contribution in [-0.2, 0) is 19.1 Å². The van der Waals surface area contributed by atoms with Crippen molar-refractivity contribution in [2.75, 3.05) is 6.61 Å². The largest absolute Gasteiger partial charge is 0.464 e. The predicted molar refractivity (Wildman–Crippen MR) is 98.1 cm³/mol. The molecule has 1 aliphatic rings. The smallest absolute Gasteiger partial charge is 0.328 e. The van der Waals surface area contributed by atoms with Gasteiger partial charge in [-0.25, -0.2) is 4.79 Å². The molecule has 5 nitrogen and oxygen atoms in total. The monoisotopic (exact) mass is 351 g/mol. The van der Waals surface area contributed by atoms with Crippen molar-refractivity contribution in [1.82, 2.24) is 5.32 Å². The fourth-order valence-electron chi connectivity index (χ4n) is 2.81. The number of hydrogen-bond donors (Lipinski definition) is 1. The highest BCUT2D eigenvalue weighted by molar-refractivity contribution is 5.99. The summed E-state index contributed by atoms with van der Waals surface area (Å²) in [5, 5.41) is 2.56. The van der Waals surface area contributed by atoms with Crippen LogP contribution in [0, 0.1) is 0 Å². The molecule has 0 aromatic heterocycles. The van der Waals surface area contributed by atoms with E-state index in [1.807, 2.05) is 0 Å². The first-order chi connectivity index (χ1) is 12.1. The van der Waals surface area contributed by atoms with Crippen LogP contribution in [0.2, 0.25) is 0 Å². The standard InChI is InChI=1S/C20H33NO4/c1-2-3-4-5-6-7-8-9-10-11-12-13-17(22)16-19(23)21-18-14-15-25-20(18)24/h5-6,18H,2-4,7-16H2,1H3,(H,21,23)/t18-/m0/s1. The minimum absolute atomic E-state index is 0.0530.